The standard InChI is InChI=1S/C11H10Cl2FNO/c1-11(4-10(16)15-5-11)6-2-9(14)8(13)3-7(6)12/h2-3H,4-5H2,1H3,(H,15,16). The van der Waals surface area contributed by atoms with Crippen molar-refractivity contribution in [2.24, 2.45) is 0 Å². The second-order valence-electron chi connectivity index (χ2n) is 4.26. The summed E-state index contributed by atoms with van der Waals surface area (Å²) in [5.41, 5.74) is 0.161. The minimum atomic E-state index is -0.512. The first-order valence-corrected chi connectivity index (χ1v) is 5.60. The van der Waals surface area contributed by atoms with Gasteiger partial charge in [-0.3, -0.25) is 4.79 Å². The number of carbonyl (C=O) groups is 1. The Morgan fingerprint density at radius 2 is 2.06 bits per heavy atom. The maximum Gasteiger partial charge on any atom is 0.220 e. The number of hydrogen-bond acceptors (Lipinski definition) is 1. The lowest BCUT2D eigenvalue weighted by atomic mass is 9.81. The van der Waals surface area contributed by atoms with E-state index in [2.05, 4.69) is 5.32 Å². The number of benzene rings is 1. The van der Waals surface area contributed by atoms with Gasteiger partial charge in [0.1, 0.15) is 5.82 Å². The van der Waals surface area contributed by atoms with Crippen LogP contribution >= 0.6 is 23.2 Å². The molecule has 1 heterocycles. The van der Waals surface area contributed by atoms with Gasteiger partial charge < -0.3 is 5.32 Å². The average molecular weight is 262 g/mol. The number of halogens is 3. The lowest BCUT2D eigenvalue weighted by molar-refractivity contribution is -0.119. The quantitative estimate of drug-likeness (QED) is 0.774. The summed E-state index contributed by atoms with van der Waals surface area (Å²) in [6, 6.07) is 2.69. The van der Waals surface area contributed by atoms with Gasteiger partial charge in [-0.25, -0.2) is 4.39 Å². The molecule has 2 rings (SSSR count). The molecule has 1 amide bonds. The van der Waals surface area contributed by atoms with Crippen LogP contribution in [-0.2, 0) is 10.2 Å². The topological polar surface area (TPSA) is 29.1 Å². The third kappa shape index (κ3) is 1.89. The van der Waals surface area contributed by atoms with Crippen LogP contribution in [0.25, 0.3) is 0 Å². The summed E-state index contributed by atoms with van der Waals surface area (Å²) in [5.74, 6) is -0.560. The molecule has 1 N–H and O–H groups in total. The predicted octanol–water partition coefficient (Wildman–Crippen LogP) is 2.91. The summed E-state index contributed by atoms with van der Waals surface area (Å²) in [4.78, 5) is 11.2. The van der Waals surface area contributed by atoms with Crippen LogP contribution in [0.3, 0.4) is 0 Å². The van der Waals surface area contributed by atoms with E-state index in [-0.39, 0.29) is 10.9 Å². The number of hydrogen-bond donors (Lipinski definition) is 1. The molecule has 1 aliphatic heterocycles. The fraction of sp³-hybridized carbons (Fsp3) is 0.364. The highest BCUT2D eigenvalue weighted by atomic mass is 35.5. The van der Waals surface area contributed by atoms with E-state index >= 15 is 0 Å². The van der Waals surface area contributed by atoms with Gasteiger partial charge in [0.25, 0.3) is 0 Å². The van der Waals surface area contributed by atoms with Gasteiger partial charge in [0, 0.05) is 23.4 Å². The van der Waals surface area contributed by atoms with E-state index in [1.54, 1.807) is 0 Å². The molecular formula is C11H10Cl2FNO. The molecule has 1 unspecified atom stereocenters. The van der Waals surface area contributed by atoms with Crippen molar-refractivity contribution in [2.45, 2.75) is 18.8 Å². The van der Waals surface area contributed by atoms with Crippen molar-refractivity contribution >= 4 is 29.1 Å². The van der Waals surface area contributed by atoms with Crippen molar-refractivity contribution in [1.29, 1.82) is 0 Å². The zero-order chi connectivity index (χ0) is 11.9. The molecule has 1 aliphatic rings. The molecule has 1 saturated heterocycles. The molecule has 0 radical (unpaired) electrons. The average Bonchev–Trinajstić information content (AvgIpc) is 2.53. The Morgan fingerprint density at radius 3 is 2.62 bits per heavy atom. The molecule has 0 bridgehead atoms. The summed E-state index contributed by atoms with van der Waals surface area (Å²) < 4.78 is 13.4. The van der Waals surface area contributed by atoms with E-state index < -0.39 is 11.2 Å². The molecule has 0 aromatic heterocycles. The second-order valence-corrected chi connectivity index (χ2v) is 5.07. The van der Waals surface area contributed by atoms with E-state index in [0.29, 0.717) is 23.6 Å². The monoisotopic (exact) mass is 261 g/mol. The van der Waals surface area contributed by atoms with Gasteiger partial charge in [-0.05, 0) is 17.7 Å². The molecule has 0 saturated carbocycles. The van der Waals surface area contributed by atoms with Crippen molar-refractivity contribution < 1.29 is 9.18 Å². The Hall–Kier alpha value is -0.800. The van der Waals surface area contributed by atoms with E-state index in [1.807, 2.05) is 6.92 Å². The lowest BCUT2D eigenvalue weighted by Gasteiger charge is -2.23. The number of rotatable bonds is 1. The molecular weight excluding hydrogens is 252 g/mol. The van der Waals surface area contributed by atoms with Gasteiger partial charge in [0.15, 0.2) is 0 Å². The molecule has 0 aliphatic carbocycles. The van der Waals surface area contributed by atoms with Gasteiger partial charge in [0.05, 0.1) is 5.02 Å². The molecule has 86 valence electrons. The first kappa shape index (κ1) is 11.7. The fourth-order valence-electron chi connectivity index (χ4n) is 1.95. The lowest BCUT2D eigenvalue weighted by Crippen LogP contribution is -2.25. The highest BCUT2D eigenvalue weighted by Crippen LogP contribution is 2.37. The third-order valence-electron chi connectivity index (χ3n) is 2.89. The molecule has 1 atom stereocenters. The van der Waals surface area contributed by atoms with E-state index in [1.165, 1.54) is 12.1 Å². The van der Waals surface area contributed by atoms with Crippen LogP contribution in [0.2, 0.25) is 10.0 Å². The summed E-state index contributed by atoms with van der Waals surface area (Å²) in [5, 5.41) is 3.11. The maximum atomic E-state index is 13.4. The van der Waals surface area contributed by atoms with Crippen LogP contribution < -0.4 is 5.32 Å². The van der Waals surface area contributed by atoms with Crippen molar-refractivity contribution in [1.82, 2.24) is 5.32 Å². The van der Waals surface area contributed by atoms with Crippen LogP contribution in [0.15, 0.2) is 12.1 Å². The Balaban J connectivity index is 2.48. The molecule has 1 fully saturated rings. The number of nitrogens with one attached hydrogen (secondary N) is 1. The van der Waals surface area contributed by atoms with E-state index in [9.17, 15) is 9.18 Å². The summed E-state index contributed by atoms with van der Waals surface area (Å²) in [7, 11) is 0. The van der Waals surface area contributed by atoms with E-state index in [0.717, 1.165) is 0 Å². The molecule has 0 spiro atoms. The molecule has 1 aromatic rings. The van der Waals surface area contributed by atoms with Crippen LogP contribution in [0.5, 0.6) is 0 Å². The highest BCUT2D eigenvalue weighted by Gasteiger charge is 2.37. The second kappa shape index (κ2) is 3.90. The van der Waals surface area contributed by atoms with E-state index in [4.69, 9.17) is 23.2 Å². The van der Waals surface area contributed by atoms with Crippen LogP contribution in [0.1, 0.15) is 18.9 Å². The Kier molecular flexibility index (Phi) is 2.84. The van der Waals surface area contributed by atoms with Crippen molar-refractivity contribution in [3.8, 4) is 0 Å². The summed E-state index contributed by atoms with van der Waals surface area (Å²) in [6.07, 6.45) is 0.313. The summed E-state index contributed by atoms with van der Waals surface area (Å²) >= 11 is 11.7. The fourth-order valence-corrected chi connectivity index (χ4v) is 2.56. The van der Waals surface area contributed by atoms with Crippen LogP contribution in [0, 0.1) is 5.82 Å². The zero-order valence-electron chi connectivity index (χ0n) is 8.61. The third-order valence-corrected chi connectivity index (χ3v) is 3.49. The highest BCUT2D eigenvalue weighted by molar-refractivity contribution is 6.35. The van der Waals surface area contributed by atoms with Crippen molar-refractivity contribution in [3.05, 3.63) is 33.6 Å². The van der Waals surface area contributed by atoms with Crippen LogP contribution in [-0.4, -0.2) is 12.5 Å². The van der Waals surface area contributed by atoms with Gasteiger partial charge in [-0.1, -0.05) is 30.1 Å². The minimum absolute atomic E-state index is 0.00497. The number of amides is 1. The van der Waals surface area contributed by atoms with Crippen LogP contribution in [0.4, 0.5) is 4.39 Å². The SMILES string of the molecule is CC1(c2cc(F)c(Cl)cc2Cl)CNC(=O)C1. The smallest absolute Gasteiger partial charge is 0.220 e. The maximum absolute atomic E-state index is 13.4. The molecule has 2 nitrogen and oxygen atoms in total. The molecule has 16 heavy (non-hydrogen) atoms. The van der Waals surface area contributed by atoms with Crippen molar-refractivity contribution in [3.63, 3.8) is 0 Å². The van der Waals surface area contributed by atoms with Crippen molar-refractivity contribution in [2.75, 3.05) is 6.54 Å². The normalized spacial score (nSPS) is 24.6. The Morgan fingerprint density at radius 1 is 1.38 bits per heavy atom. The van der Waals surface area contributed by atoms with Gasteiger partial charge in [-0.2, -0.15) is 0 Å². The Labute approximate surface area is 103 Å². The van der Waals surface area contributed by atoms with Gasteiger partial charge in [-0.15, -0.1) is 0 Å². The molecule has 5 heteroatoms. The Bertz CT molecular complexity index is 464. The largest absolute Gasteiger partial charge is 0.355 e. The minimum Gasteiger partial charge on any atom is -0.355 e. The molecule has 1 aromatic carbocycles. The number of carbonyl (C=O) groups excluding carboxylic acids is 1. The summed E-state index contributed by atoms with van der Waals surface area (Å²) in [6.45, 7) is 2.34. The van der Waals surface area contributed by atoms with Gasteiger partial charge in [0.2, 0.25) is 5.91 Å². The van der Waals surface area contributed by atoms with Gasteiger partial charge >= 0.3 is 0 Å². The first-order chi connectivity index (χ1) is 7.42. The first-order valence-electron chi connectivity index (χ1n) is 4.84. The zero-order valence-corrected chi connectivity index (χ0v) is 10.1. The predicted molar refractivity (Wildman–Crippen MR) is 61.4 cm³/mol.